The third kappa shape index (κ3) is 7.14. The van der Waals surface area contributed by atoms with E-state index in [1.807, 2.05) is 0 Å². The number of fused-ring (bicyclic) bond motifs is 9. The van der Waals surface area contributed by atoms with Crippen LogP contribution in [-0.2, 0) is 0 Å². The zero-order valence-electron chi connectivity index (χ0n) is 41.5. The molecule has 15 aromatic rings. The van der Waals surface area contributed by atoms with Gasteiger partial charge in [0.1, 0.15) is 0 Å². The molecule has 0 atom stereocenters. The van der Waals surface area contributed by atoms with Crippen LogP contribution in [0.25, 0.3) is 116 Å². The summed E-state index contributed by atoms with van der Waals surface area (Å²) in [4.78, 5) is 2.31. The number of hydrogen-bond acceptors (Lipinski definition) is 1. The zero-order chi connectivity index (χ0) is 50.1. The van der Waals surface area contributed by atoms with Gasteiger partial charge in [-0.25, -0.2) is 0 Å². The molecule has 0 amide bonds. The molecule has 0 saturated carbocycles. The van der Waals surface area contributed by atoms with Gasteiger partial charge in [-0.3, -0.25) is 0 Å². The SMILES string of the molecule is c1ccc(N(c2ccccc2)c2ccc(-c3ccc4c(c3)c3cc(-c5ccc6c(c5)c5cc(-c7ccc(-n8c9ccccc9c9ccccc98)cc7)ccc5n6-c5ccccc5)ccc3n4-c3ccccc3)cc2)cc1. The molecule has 0 unspecified atom stereocenters. The Kier molecular flexibility index (Phi) is 10.2. The van der Waals surface area contributed by atoms with Gasteiger partial charge >= 0.3 is 0 Å². The van der Waals surface area contributed by atoms with Crippen LogP contribution < -0.4 is 4.90 Å². The molecule has 12 aromatic carbocycles. The van der Waals surface area contributed by atoms with Crippen molar-refractivity contribution in [3.8, 4) is 50.4 Å². The Morgan fingerprint density at radius 1 is 0.184 bits per heavy atom. The fraction of sp³-hybridized carbons (Fsp3) is 0. The van der Waals surface area contributed by atoms with E-state index in [0.717, 1.165) is 34.1 Å². The van der Waals surface area contributed by atoms with Crippen LogP contribution >= 0.6 is 0 Å². The topological polar surface area (TPSA) is 18.0 Å². The quantitative estimate of drug-likeness (QED) is 0.141. The molecule has 4 heteroatoms. The van der Waals surface area contributed by atoms with Crippen LogP contribution in [-0.4, -0.2) is 13.7 Å². The highest BCUT2D eigenvalue weighted by molar-refractivity contribution is 6.14. The third-order valence-electron chi connectivity index (χ3n) is 15.4. The van der Waals surface area contributed by atoms with E-state index in [4.69, 9.17) is 0 Å². The molecule has 356 valence electrons. The van der Waals surface area contributed by atoms with Crippen molar-refractivity contribution in [2.45, 2.75) is 0 Å². The Labute approximate surface area is 440 Å². The van der Waals surface area contributed by atoms with Crippen molar-refractivity contribution in [1.82, 2.24) is 13.7 Å². The van der Waals surface area contributed by atoms with E-state index in [-0.39, 0.29) is 0 Å². The average molecular weight is 969 g/mol. The Morgan fingerprint density at radius 2 is 0.447 bits per heavy atom. The lowest BCUT2D eigenvalue weighted by atomic mass is 9.98. The highest BCUT2D eigenvalue weighted by Crippen LogP contribution is 2.42. The second kappa shape index (κ2) is 17.8. The first kappa shape index (κ1) is 43.4. The first-order valence-electron chi connectivity index (χ1n) is 26.1. The second-order valence-electron chi connectivity index (χ2n) is 19.7. The van der Waals surface area contributed by atoms with Crippen molar-refractivity contribution in [3.05, 3.63) is 291 Å². The molecule has 0 saturated heterocycles. The minimum absolute atomic E-state index is 1.11. The predicted octanol–water partition coefficient (Wildman–Crippen LogP) is 19.4. The molecule has 76 heavy (non-hydrogen) atoms. The minimum Gasteiger partial charge on any atom is -0.311 e. The first-order valence-corrected chi connectivity index (χ1v) is 26.1. The van der Waals surface area contributed by atoms with Crippen molar-refractivity contribution in [1.29, 1.82) is 0 Å². The summed E-state index contributed by atoms with van der Waals surface area (Å²) in [5.74, 6) is 0. The fourth-order valence-electron chi connectivity index (χ4n) is 11.9. The summed E-state index contributed by atoms with van der Waals surface area (Å²) in [5, 5.41) is 7.40. The summed E-state index contributed by atoms with van der Waals surface area (Å²) in [7, 11) is 0. The van der Waals surface area contributed by atoms with Gasteiger partial charge in [0.05, 0.1) is 33.1 Å². The van der Waals surface area contributed by atoms with E-state index >= 15 is 0 Å². The Balaban J connectivity index is 0.845. The summed E-state index contributed by atoms with van der Waals surface area (Å²) in [6, 6.07) is 106. The summed E-state index contributed by atoms with van der Waals surface area (Å²) < 4.78 is 7.20. The van der Waals surface area contributed by atoms with E-state index in [9.17, 15) is 0 Å². The number of anilines is 3. The van der Waals surface area contributed by atoms with E-state index < -0.39 is 0 Å². The van der Waals surface area contributed by atoms with Crippen LogP contribution in [0.4, 0.5) is 17.1 Å². The molecule has 0 fully saturated rings. The zero-order valence-corrected chi connectivity index (χ0v) is 41.5. The number of hydrogen-bond donors (Lipinski definition) is 0. The van der Waals surface area contributed by atoms with Gasteiger partial charge in [-0.2, -0.15) is 0 Å². The number of benzene rings is 12. The predicted molar refractivity (Wildman–Crippen MR) is 320 cm³/mol. The van der Waals surface area contributed by atoms with E-state index in [1.165, 1.54) is 98.8 Å². The monoisotopic (exact) mass is 968 g/mol. The van der Waals surface area contributed by atoms with Gasteiger partial charge in [-0.15, -0.1) is 0 Å². The molecule has 3 heterocycles. The van der Waals surface area contributed by atoms with Crippen LogP contribution in [0.3, 0.4) is 0 Å². The molecule has 0 aliphatic heterocycles. The maximum absolute atomic E-state index is 2.41. The average Bonchev–Trinajstić information content (AvgIpc) is 4.21. The normalized spacial score (nSPS) is 11.7. The molecule has 15 rings (SSSR count). The third-order valence-corrected chi connectivity index (χ3v) is 15.4. The minimum atomic E-state index is 1.11. The largest absolute Gasteiger partial charge is 0.311 e. The maximum atomic E-state index is 2.41. The Hall–Kier alpha value is -10.2. The molecule has 0 aliphatic rings. The van der Waals surface area contributed by atoms with Crippen LogP contribution in [0.5, 0.6) is 0 Å². The van der Waals surface area contributed by atoms with Crippen molar-refractivity contribution < 1.29 is 0 Å². The number of rotatable bonds is 9. The summed E-state index contributed by atoms with van der Waals surface area (Å²) in [5.41, 5.74) is 21.0. The fourth-order valence-corrected chi connectivity index (χ4v) is 11.9. The molecule has 0 bridgehead atoms. The van der Waals surface area contributed by atoms with Gasteiger partial charge in [-0.1, -0.05) is 158 Å². The summed E-state index contributed by atoms with van der Waals surface area (Å²) in [6.45, 7) is 0. The maximum Gasteiger partial charge on any atom is 0.0541 e. The van der Waals surface area contributed by atoms with E-state index in [0.29, 0.717) is 0 Å². The van der Waals surface area contributed by atoms with Crippen LogP contribution in [0.1, 0.15) is 0 Å². The molecule has 0 N–H and O–H groups in total. The molecule has 4 nitrogen and oxygen atoms in total. The summed E-state index contributed by atoms with van der Waals surface area (Å²) in [6.07, 6.45) is 0. The molecular formula is C72H48N4. The van der Waals surface area contributed by atoms with Crippen molar-refractivity contribution in [2.24, 2.45) is 0 Å². The Bertz CT molecular complexity index is 4550. The number of aromatic nitrogens is 3. The molecule has 0 radical (unpaired) electrons. The first-order chi connectivity index (χ1) is 37.7. The Morgan fingerprint density at radius 3 is 0.829 bits per heavy atom. The van der Waals surface area contributed by atoms with Crippen molar-refractivity contribution >= 4 is 82.5 Å². The van der Waals surface area contributed by atoms with Gasteiger partial charge in [0, 0.05) is 66.4 Å². The summed E-state index contributed by atoms with van der Waals surface area (Å²) >= 11 is 0. The lowest BCUT2D eigenvalue weighted by Crippen LogP contribution is -2.09. The van der Waals surface area contributed by atoms with E-state index in [2.05, 4.69) is 310 Å². The standard InChI is InChI=1S/C72H48N4/c1-5-17-55(18-6-1)73(56-19-7-2-8-20-56)59-37-29-49(30-38-59)51-33-41-69-63(45-51)65-47-53(35-43-71(65)74(69)57-21-9-3-10-22-57)54-36-44-72-66(48-54)64-46-52(34-42-70(64)75(72)58-23-11-4-12-24-58)50-31-39-60(40-32-50)76-67-27-15-13-25-61(67)62-26-14-16-28-68(62)76/h1-48H. The highest BCUT2D eigenvalue weighted by atomic mass is 15.1. The van der Waals surface area contributed by atoms with Crippen LogP contribution in [0.2, 0.25) is 0 Å². The van der Waals surface area contributed by atoms with Gasteiger partial charge in [0.2, 0.25) is 0 Å². The smallest absolute Gasteiger partial charge is 0.0541 e. The van der Waals surface area contributed by atoms with Crippen LogP contribution in [0, 0.1) is 0 Å². The molecule has 0 aliphatic carbocycles. The number of para-hydroxylation sites is 6. The lowest BCUT2D eigenvalue weighted by molar-refractivity contribution is 1.18. The van der Waals surface area contributed by atoms with Gasteiger partial charge in [-0.05, 0) is 167 Å². The molecule has 3 aromatic heterocycles. The van der Waals surface area contributed by atoms with E-state index in [1.54, 1.807) is 0 Å². The second-order valence-corrected chi connectivity index (χ2v) is 19.7. The highest BCUT2D eigenvalue weighted by Gasteiger charge is 2.19. The van der Waals surface area contributed by atoms with Crippen LogP contribution in [0.15, 0.2) is 291 Å². The lowest BCUT2D eigenvalue weighted by Gasteiger charge is -2.25. The number of nitrogens with zero attached hydrogens (tertiary/aromatic N) is 4. The van der Waals surface area contributed by atoms with Gasteiger partial charge < -0.3 is 18.6 Å². The van der Waals surface area contributed by atoms with Crippen molar-refractivity contribution in [3.63, 3.8) is 0 Å². The van der Waals surface area contributed by atoms with Crippen molar-refractivity contribution in [2.75, 3.05) is 4.90 Å². The van der Waals surface area contributed by atoms with Gasteiger partial charge in [0.15, 0.2) is 0 Å². The molecule has 0 spiro atoms. The van der Waals surface area contributed by atoms with Gasteiger partial charge in [0.25, 0.3) is 0 Å². The molecular weight excluding hydrogens is 921 g/mol.